The number of pyridine rings is 1. The van der Waals surface area contributed by atoms with Gasteiger partial charge in [0.1, 0.15) is 5.82 Å². The van der Waals surface area contributed by atoms with Crippen LogP contribution >= 0.6 is 0 Å². The molecule has 4 saturated carbocycles. The van der Waals surface area contributed by atoms with E-state index in [-0.39, 0.29) is 37.3 Å². The van der Waals surface area contributed by atoms with Gasteiger partial charge in [-0.2, -0.15) is 12.1 Å². The molecule has 1 aliphatic heterocycles. The van der Waals surface area contributed by atoms with E-state index in [1.54, 1.807) is 0 Å². The molecule has 4 heterocycles. The first-order valence-corrected chi connectivity index (χ1v) is 28.3. The van der Waals surface area contributed by atoms with Crippen molar-refractivity contribution in [2.24, 2.45) is 23.7 Å². The number of hydrogen-bond donors (Lipinski definition) is 0. The fourth-order valence-electron chi connectivity index (χ4n) is 15.3. The smallest absolute Gasteiger partial charge is 0.135 e. The van der Waals surface area contributed by atoms with Crippen molar-refractivity contribution in [3.63, 3.8) is 0 Å². The average molecular weight is 1210 g/mol. The van der Waals surface area contributed by atoms with E-state index >= 15 is 0 Å². The second kappa shape index (κ2) is 18.6. The van der Waals surface area contributed by atoms with Crippen LogP contribution in [0.1, 0.15) is 95.9 Å². The number of para-hydroxylation sites is 6. The van der Waals surface area contributed by atoms with Gasteiger partial charge in [0.2, 0.25) is 0 Å². The van der Waals surface area contributed by atoms with E-state index in [1.807, 2.05) is 12.1 Å². The predicted molar refractivity (Wildman–Crippen MR) is 320 cm³/mol. The van der Waals surface area contributed by atoms with E-state index in [0.717, 1.165) is 56.5 Å². The fourth-order valence-corrected chi connectivity index (χ4v) is 15.3. The zero-order valence-electron chi connectivity index (χ0n) is 45.8. The molecule has 0 spiro atoms. The fraction of sp³-hybridized carbons (Fsp3) is 0.250. The van der Waals surface area contributed by atoms with Gasteiger partial charge >= 0.3 is 0 Å². The van der Waals surface area contributed by atoms with Gasteiger partial charge in [-0.3, -0.25) is 0 Å². The van der Waals surface area contributed by atoms with Gasteiger partial charge in [0.15, 0.2) is 0 Å². The van der Waals surface area contributed by atoms with Crippen LogP contribution < -0.4 is 14.5 Å². The van der Waals surface area contributed by atoms with Crippen molar-refractivity contribution in [1.29, 1.82) is 0 Å². The number of ether oxygens (including phenoxy) is 1. The minimum absolute atomic E-state index is 0. The summed E-state index contributed by atoms with van der Waals surface area (Å²) in [5.41, 5.74) is 15.2. The zero-order chi connectivity index (χ0) is 52.7. The number of benzene rings is 8. The maximum absolute atomic E-state index is 6.84. The number of anilines is 4. The first kappa shape index (κ1) is 49.9. The Kier molecular flexibility index (Phi) is 11.7. The Balaban J connectivity index is 0.00000564. The molecular formula is C72H64N5OPt-3. The van der Waals surface area contributed by atoms with Gasteiger partial charge in [-0.05, 0) is 149 Å². The van der Waals surface area contributed by atoms with E-state index < -0.39 is 0 Å². The standard InChI is InChI=1S/C72H64N5O.Pt/c1-70(2,3)60-22-16-23-61(71(4,5)6)69(60)75-45-74(65-27-13-14-28-66(65)75)53-17-15-18-54(43-53)78-55-33-34-59-58-21-9-12-26-64(58)77(67(59)44-55)68-42-49(35-36-73-68)72(50-38-46-37-47(40-50)41-51(72)39-46)48-29-31-52(32-30-48)76-62-24-10-7-19-56(62)57-20-8-11-25-63(57)76;/h7-36,42,45-47,50-51H,37-41H2,1-6H3;/q-3;. The van der Waals surface area contributed by atoms with Crippen molar-refractivity contribution in [2.45, 2.75) is 89.9 Å². The van der Waals surface area contributed by atoms with Crippen LogP contribution in [0.5, 0.6) is 11.5 Å². The van der Waals surface area contributed by atoms with Crippen LogP contribution in [0.4, 0.5) is 22.7 Å². The van der Waals surface area contributed by atoms with Crippen LogP contribution in [-0.4, -0.2) is 14.1 Å². The molecule has 4 fully saturated rings. The number of hydrogen-bond acceptors (Lipinski definition) is 4. The largest absolute Gasteiger partial charge is 0.509 e. The Labute approximate surface area is 478 Å². The molecule has 16 rings (SSSR count). The minimum Gasteiger partial charge on any atom is -0.509 e. The van der Waals surface area contributed by atoms with Crippen molar-refractivity contribution < 1.29 is 25.8 Å². The van der Waals surface area contributed by atoms with Gasteiger partial charge < -0.3 is 23.7 Å². The average Bonchev–Trinajstić information content (AvgIpc) is 4.29. The first-order chi connectivity index (χ1) is 37.9. The maximum atomic E-state index is 6.84. The summed E-state index contributed by atoms with van der Waals surface area (Å²) < 4.78 is 11.6. The molecule has 79 heavy (non-hydrogen) atoms. The molecule has 3 aromatic heterocycles. The summed E-state index contributed by atoms with van der Waals surface area (Å²) in [5, 5.41) is 4.85. The van der Waals surface area contributed by atoms with Gasteiger partial charge in [-0.15, -0.1) is 48.1 Å². The number of nitrogens with zero attached hydrogens (tertiary/aromatic N) is 5. The summed E-state index contributed by atoms with van der Waals surface area (Å²) in [7, 11) is 0. The van der Waals surface area contributed by atoms with Gasteiger partial charge in [0.25, 0.3) is 0 Å². The molecule has 0 radical (unpaired) electrons. The van der Waals surface area contributed by atoms with Crippen molar-refractivity contribution >= 4 is 66.4 Å². The quantitative estimate of drug-likeness (QED) is 0.142. The molecule has 0 N–H and O–H groups in total. The van der Waals surface area contributed by atoms with Crippen molar-refractivity contribution in [3.05, 3.63) is 229 Å². The second-order valence-electron chi connectivity index (χ2n) is 25.0. The van der Waals surface area contributed by atoms with Crippen molar-refractivity contribution in [1.82, 2.24) is 14.1 Å². The predicted octanol–water partition coefficient (Wildman–Crippen LogP) is 18.4. The Hall–Kier alpha value is -7.40. The van der Waals surface area contributed by atoms with Crippen LogP contribution in [0.3, 0.4) is 0 Å². The summed E-state index contributed by atoms with van der Waals surface area (Å²) in [5.74, 6) is 4.92. The molecule has 4 bridgehead atoms. The monoisotopic (exact) mass is 1210 g/mol. The van der Waals surface area contributed by atoms with Crippen molar-refractivity contribution in [2.75, 3.05) is 9.80 Å². The number of fused-ring (bicyclic) bond motifs is 7. The van der Waals surface area contributed by atoms with E-state index in [0.29, 0.717) is 23.3 Å². The summed E-state index contributed by atoms with van der Waals surface area (Å²) >= 11 is 0. The van der Waals surface area contributed by atoms with Gasteiger partial charge in [0, 0.05) is 83.2 Å². The van der Waals surface area contributed by atoms with Crippen molar-refractivity contribution in [3.8, 4) is 23.0 Å². The molecule has 6 nitrogen and oxygen atoms in total. The van der Waals surface area contributed by atoms with Crippen LogP contribution in [0.25, 0.3) is 55.1 Å². The SMILES string of the molecule is CC(C)(C)c1cccc(C(C)(C)C)c1N1[CH-]N(c2[c-]c(Oc3[c-]c4c(cc3)c3ccccc3n4-c3cc(C4(c5ccc(-n6c7ccccc7c7ccccc76)cc5)C5CC6CC(C5)CC4C6)ccn3)ccc2)c2ccccc21.[Pt]. The third kappa shape index (κ3) is 7.86. The molecule has 4 aliphatic carbocycles. The molecule has 0 saturated heterocycles. The molecule has 0 unspecified atom stereocenters. The van der Waals surface area contributed by atoms with Gasteiger partial charge in [-0.25, -0.2) is 4.98 Å². The first-order valence-electron chi connectivity index (χ1n) is 28.3. The van der Waals surface area contributed by atoms with Crippen LogP contribution in [0.2, 0.25) is 0 Å². The Morgan fingerprint density at radius 1 is 0.506 bits per heavy atom. The molecule has 0 atom stereocenters. The van der Waals surface area contributed by atoms with Crippen LogP contribution in [0, 0.1) is 42.5 Å². The molecule has 8 aromatic carbocycles. The van der Waals surface area contributed by atoms with Crippen LogP contribution in [0.15, 0.2) is 188 Å². The van der Waals surface area contributed by atoms with E-state index in [1.165, 1.54) is 87.5 Å². The van der Waals surface area contributed by atoms with Crippen LogP contribution in [-0.2, 0) is 37.3 Å². The Morgan fingerprint density at radius 2 is 1.05 bits per heavy atom. The second-order valence-corrected chi connectivity index (χ2v) is 25.0. The number of aromatic nitrogens is 3. The molecule has 11 aromatic rings. The normalized spacial score (nSPS) is 20.6. The molecule has 5 aliphatic rings. The molecule has 7 heteroatoms. The third-order valence-corrected chi connectivity index (χ3v) is 18.4. The minimum atomic E-state index is -0.128. The van der Waals surface area contributed by atoms with E-state index in [4.69, 9.17) is 9.72 Å². The molecule has 0 amide bonds. The third-order valence-electron chi connectivity index (χ3n) is 18.4. The topological polar surface area (TPSA) is 38.5 Å². The molecular weight excluding hydrogens is 1150 g/mol. The van der Waals surface area contributed by atoms with Gasteiger partial charge in [0.05, 0.1) is 11.0 Å². The Bertz CT molecular complexity index is 4060. The Morgan fingerprint density at radius 3 is 1.67 bits per heavy atom. The van der Waals surface area contributed by atoms with Gasteiger partial charge in [-0.1, -0.05) is 144 Å². The number of rotatable bonds is 8. The summed E-state index contributed by atoms with van der Waals surface area (Å²) in [4.78, 5) is 9.89. The molecule has 396 valence electrons. The maximum Gasteiger partial charge on any atom is 0.135 e. The summed E-state index contributed by atoms with van der Waals surface area (Å²) in [6.07, 6.45) is 8.61. The summed E-state index contributed by atoms with van der Waals surface area (Å²) in [6, 6.07) is 74.2. The summed E-state index contributed by atoms with van der Waals surface area (Å²) in [6.45, 7) is 16.1. The van der Waals surface area contributed by atoms with E-state index in [9.17, 15) is 0 Å². The zero-order valence-corrected chi connectivity index (χ0v) is 48.1. The van der Waals surface area contributed by atoms with E-state index in [2.05, 4.69) is 255 Å².